The van der Waals surface area contributed by atoms with E-state index in [1.807, 2.05) is 24.3 Å². The summed E-state index contributed by atoms with van der Waals surface area (Å²) in [4.78, 5) is 27.8. The summed E-state index contributed by atoms with van der Waals surface area (Å²) in [6, 6.07) is 20.5. The van der Waals surface area contributed by atoms with Gasteiger partial charge in [-0.15, -0.1) is 0 Å². The topological polar surface area (TPSA) is 62.6 Å². The van der Waals surface area contributed by atoms with Crippen molar-refractivity contribution in [1.29, 1.82) is 0 Å². The van der Waals surface area contributed by atoms with Gasteiger partial charge in [0.15, 0.2) is 0 Å². The standard InChI is InChI=1S/C26H21FN2O3/c27-18-10-8-17(9-11-18)20-4-1-2-5-23(20)26(31)29-14-12-19(29)16-28-25(30)22-6-3-7-24-21(22)13-15-32-24/h1-11,13,15,19H,12,14,16H2,(H,28,30). The molecule has 1 atom stereocenters. The minimum absolute atomic E-state index is 0.0729. The molecule has 1 N–H and O–H groups in total. The van der Waals surface area contributed by atoms with E-state index in [4.69, 9.17) is 4.42 Å². The van der Waals surface area contributed by atoms with Crippen LogP contribution in [0.4, 0.5) is 4.39 Å². The Labute approximate surface area is 184 Å². The van der Waals surface area contributed by atoms with Gasteiger partial charge in [0.05, 0.1) is 17.9 Å². The van der Waals surface area contributed by atoms with Gasteiger partial charge in [0.25, 0.3) is 11.8 Å². The quantitative estimate of drug-likeness (QED) is 0.493. The molecule has 1 aromatic heterocycles. The van der Waals surface area contributed by atoms with E-state index in [-0.39, 0.29) is 23.7 Å². The van der Waals surface area contributed by atoms with Crippen molar-refractivity contribution >= 4 is 22.8 Å². The summed E-state index contributed by atoms with van der Waals surface area (Å²) in [5.74, 6) is -0.599. The average Bonchev–Trinajstić information content (AvgIpc) is 3.28. The molecule has 6 heteroatoms. The molecular formula is C26H21FN2O3. The van der Waals surface area contributed by atoms with E-state index in [0.29, 0.717) is 29.8 Å². The largest absolute Gasteiger partial charge is 0.464 e. The number of furan rings is 1. The third-order valence-corrected chi connectivity index (χ3v) is 5.96. The lowest BCUT2D eigenvalue weighted by Gasteiger charge is -2.41. The lowest BCUT2D eigenvalue weighted by atomic mass is 9.95. The monoisotopic (exact) mass is 428 g/mol. The molecule has 0 spiro atoms. The number of hydrogen-bond donors (Lipinski definition) is 1. The van der Waals surface area contributed by atoms with Crippen LogP contribution in [-0.2, 0) is 0 Å². The van der Waals surface area contributed by atoms with Crippen LogP contribution in [0.5, 0.6) is 0 Å². The second-order valence-corrected chi connectivity index (χ2v) is 7.84. The molecule has 0 radical (unpaired) electrons. The van der Waals surface area contributed by atoms with E-state index in [0.717, 1.165) is 22.9 Å². The van der Waals surface area contributed by atoms with Gasteiger partial charge in [-0.05, 0) is 53.9 Å². The molecule has 2 amide bonds. The molecule has 4 aromatic rings. The molecule has 1 aliphatic heterocycles. The van der Waals surface area contributed by atoms with Crippen LogP contribution in [0.3, 0.4) is 0 Å². The van der Waals surface area contributed by atoms with Gasteiger partial charge in [-0.25, -0.2) is 4.39 Å². The van der Waals surface area contributed by atoms with E-state index < -0.39 is 0 Å². The van der Waals surface area contributed by atoms with Crippen LogP contribution < -0.4 is 5.32 Å². The summed E-state index contributed by atoms with van der Waals surface area (Å²) in [6.45, 7) is 1.01. The lowest BCUT2D eigenvalue weighted by molar-refractivity contribution is 0.0456. The van der Waals surface area contributed by atoms with Crippen LogP contribution in [0, 0.1) is 5.82 Å². The van der Waals surface area contributed by atoms with E-state index in [1.165, 1.54) is 12.1 Å². The maximum absolute atomic E-state index is 13.3. The number of amides is 2. The van der Waals surface area contributed by atoms with Crippen LogP contribution in [0.2, 0.25) is 0 Å². The number of likely N-dealkylation sites (tertiary alicyclic amines) is 1. The third kappa shape index (κ3) is 3.64. The lowest BCUT2D eigenvalue weighted by Crippen LogP contribution is -2.56. The molecule has 1 aliphatic rings. The van der Waals surface area contributed by atoms with Gasteiger partial charge in [0, 0.05) is 24.0 Å². The van der Waals surface area contributed by atoms with Crippen LogP contribution in [0.15, 0.2) is 83.5 Å². The van der Waals surface area contributed by atoms with Crippen molar-refractivity contribution in [3.8, 4) is 11.1 Å². The first-order chi connectivity index (χ1) is 15.6. The van der Waals surface area contributed by atoms with E-state index in [1.54, 1.807) is 47.6 Å². The highest BCUT2D eigenvalue weighted by atomic mass is 19.1. The maximum atomic E-state index is 13.3. The normalized spacial score (nSPS) is 15.4. The molecule has 1 saturated heterocycles. The third-order valence-electron chi connectivity index (χ3n) is 5.96. The fourth-order valence-corrected chi connectivity index (χ4v) is 4.12. The van der Waals surface area contributed by atoms with E-state index in [2.05, 4.69) is 5.32 Å². The highest BCUT2D eigenvalue weighted by Crippen LogP contribution is 2.28. The maximum Gasteiger partial charge on any atom is 0.254 e. The van der Waals surface area contributed by atoms with Gasteiger partial charge in [-0.1, -0.05) is 36.4 Å². The van der Waals surface area contributed by atoms with Crippen LogP contribution in [0.25, 0.3) is 22.1 Å². The van der Waals surface area contributed by atoms with Crippen LogP contribution >= 0.6 is 0 Å². The number of rotatable bonds is 5. The van der Waals surface area contributed by atoms with E-state index >= 15 is 0 Å². The van der Waals surface area contributed by atoms with Crippen molar-refractivity contribution < 1.29 is 18.4 Å². The summed E-state index contributed by atoms with van der Waals surface area (Å²) in [6.07, 6.45) is 2.38. The number of nitrogens with one attached hydrogen (secondary N) is 1. The number of fused-ring (bicyclic) bond motifs is 1. The molecule has 1 fully saturated rings. The average molecular weight is 428 g/mol. The van der Waals surface area contributed by atoms with Gasteiger partial charge in [0.1, 0.15) is 11.4 Å². The molecule has 0 bridgehead atoms. The minimum atomic E-state index is -0.317. The van der Waals surface area contributed by atoms with E-state index in [9.17, 15) is 14.0 Å². The molecular weight excluding hydrogens is 407 g/mol. The fraction of sp³-hybridized carbons (Fsp3) is 0.154. The van der Waals surface area contributed by atoms with Gasteiger partial charge >= 0.3 is 0 Å². The molecule has 5 nitrogen and oxygen atoms in total. The van der Waals surface area contributed by atoms with Crippen molar-refractivity contribution in [3.63, 3.8) is 0 Å². The Balaban J connectivity index is 1.30. The molecule has 0 aliphatic carbocycles. The number of halogens is 1. The Morgan fingerprint density at radius 2 is 1.75 bits per heavy atom. The highest BCUT2D eigenvalue weighted by molar-refractivity contribution is 6.06. The smallest absolute Gasteiger partial charge is 0.254 e. The predicted molar refractivity (Wildman–Crippen MR) is 120 cm³/mol. The van der Waals surface area contributed by atoms with Crippen molar-refractivity contribution in [3.05, 3.63) is 96.0 Å². The Hall–Kier alpha value is -3.93. The number of nitrogens with zero attached hydrogens (tertiary/aromatic N) is 1. The minimum Gasteiger partial charge on any atom is -0.464 e. The Kier molecular flexibility index (Phi) is 5.19. The van der Waals surface area contributed by atoms with Gasteiger partial charge in [-0.2, -0.15) is 0 Å². The van der Waals surface area contributed by atoms with Crippen LogP contribution in [-0.4, -0.2) is 35.8 Å². The number of benzene rings is 3. The summed E-state index contributed by atoms with van der Waals surface area (Å²) in [5, 5.41) is 3.72. The first-order valence-corrected chi connectivity index (χ1v) is 10.5. The van der Waals surface area contributed by atoms with Gasteiger partial charge in [0.2, 0.25) is 0 Å². The molecule has 2 heterocycles. The van der Waals surface area contributed by atoms with Crippen LogP contribution in [0.1, 0.15) is 27.1 Å². The van der Waals surface area contributed by atoms with Crippen molar-refractivity contribution in [2.75, 3.05) is 13.1 Å². The number of hydrogen-bond acceptors (Lipinski definition) is 3. The molecule has 32 heavy (non-hydrogen) atoms. The predicted octanol–water partition coefficient (Wildman–Crippen LogP) is 4.88. The summed E-state index contributed by atoms with van der Waals surface area (Å²) < 4.78 is 18.7. The Bertz CT molecular complexity index is 1300. The zero-order chi connectivity index (χ0) is 22.1. The molecule has 160 valence electrons. The molecule has 1 unspecified atom stereocenters. The van der Waals surface area contributed by atoms with Crippen molar-refractivity contribution in [1.82, 2.24) is 10.2 Å². The van der Waals surface area contributed by atoms with Crippen molar-refractivity contribution in [2.45, 2.75) is 12.5 Å². The zero-order valence-electron chi connectivity index (χ0n) is 17.3. The van der Waals surface area contributed by atoms with Gasteiger partial charge < -0.3 is 14.6 Å². The highest BCUT2D eigenvalue weighted by Gasteiger charge is 2.34. The first kappa shape index (κ1) is 20.0. The summed E-state index contributed by atoms with van der Waals surface area (Å²) >= 11 is 0. The number of carbonyl (C=O) groups excluding carboxylic acids is 2. The molecule has 3 aromatic carbocycles. The number of carbonyl (C=O) groups is 2. The summed E-state index contributed by atoms with van der Waals surface area (Å²) in [5.41, 5.74) is 3.33. The zero-order valence-corrected chi connectivity index (χ0v) is 17.3. The second kappa shape index (κ2) is 8.30. The Morgan fingerprint density at radius 3 is 2.53 bits per heavy atom. The SMILES string of the molecule is O=C(NCC1CCN1C(=O)c1ccccc1-c1ccc(F)cc1)c1cccc2occc12. The molecule has 5 rings (SSSR count). The van der Waals surface area contributed by atoms with Gasteiger partial charge in [-0.3, -0.25) is 9.59 Å². The fourth-order valence-electron chi connectivity index (χ4n) is 4.12. The summed E-state index contributed by atoms with van der Waals surface area (Å²) in [7, 11) is 0. The molecule has 0 saturated carbocycles. The first-order valence-electron chi connectivity index (χ1n) is 10.5. The second-order valence-electron chi connectivity index (χ2n) is 7.84. The Morgan fingerprint density at radius 1 is 0.969 bits per heavy atom. The van der Waals surface area contributed by atoms with Crippen molar-refractivity contribution in [2.24, 2.45) is 0 Å².